The van der Waals surface area contributed by atoms with Crippen LogP contribution in [0.15, 0.2) is 24.4 Å². The van der Waals surface area contributed by atoms with Gasteiger partial charge in [-0.05, 0) is 60.4 Å². The van der Waals surface area contributed by atoms with Gasteiger partial charge in [-0.25, -0.2) is 9.97 Å². The van der Waals surface area contributed by atoms with E-state index in [1.54, 1.807) is 11.1 Å². The highest BCUT2D eigenvalue weighted by Crippen LogP contribution is 2.54. The topological polar surface area (TPSA) is 43.1 Å². The highest BCUT2D eigenvalue weighted by molar-refractivity contribution is 5.97. The van der Waals surface area contributed by atoms with Crippen molar-refractivity contribution in [3.63, 3.8) is 0 Å². The molecule has 1 aromatic carbocycles. The van der Waals surface area contributed by atoms with Crippen LogP contribution in [0.25, 0.3) is 27.6 Å². The molecule has 30 heavy (non-hydrogen) atoms. The number of fused-ring (bicyclic) bond motifs is 10. The van der Waals surface area contributed by atoms with E-state index in [0.717, 1.165) is 45.6 Å². The summed E-state index contributed by atoms with van der Waals surface area (Å²) >= 11 is 0. The summed E-state index contributed by atoms with van der Waals surface area (Å²) in [6.07, 6.45) is 5.99. The van der Waals surface area contributed by atoms with Gasteiger partial charge in [0.2, 0.25) is 0 Å². The number of aromatic nitrogens is 4. The Balaban J connectivity index is 1.74. The largest absolute Gasteiger partial charge is 0.278 e. The molecule has 2 atom stereocenters. The van der Waals surface area contributed by atoms with Gasteiger partial charge in [0.25, 0.3) is 0 Å². The minimum absolute atomic E-state index is 0.00275. The normalized spacial score (nSPS) is 21.3. The number of benzene rings is 1. The van der Waals surface area contributed by atoms with E-state index in [9.17, 15) is 0 Å². The maximum Gasteiger partial charge on any atom is 0.148 e. The van der Waals surface area contributed by atoms with Crippen LogP contribution in [0, 0.1) is 0 Å². The summed E-state index contributed by atoms with van der Waals surface area (Å²) in [5.41, 5.74) is 8.26. The zero-order valence-corrected chi connectivity index (χ0v) is 18.9. The van der Waals surface area contributed by atoms with Crippen molar-refractivity contribution in [2.75, 3.05) is 0 Å². The first-order chi connectivity index (χ1) is 14.1. The Kier molecular flexibility index (Phi) is 3.41. The Morgan fingerprint density at radius 3 is 2.20 bits per heavy atom. The fourth-order valence-corrected chi connectivity index (χ4v) is 5.60. The molecule has 2 bridgehead atoms. The molecular formula is C26H30N4. The molecule has 1 saturated carbocycles. The van der Waals surface area contributed by atoms with Crippen LogP contribution in [0.5, 0.6) is 0 Å². The van der Waals surface area contributed by atoms with Crippen LogP contribution in [0.3, 0.4) is 0 Å². The van der Waals surface area contributed by atoms with Crippen LogP contribution in [0.2, 0.25) is 0 Å². The molecule has 0 spiro atoms. The molecule has 6 rings (SSSR count). The smallest absolute Gasteiger partial charge is 0.148 e. The Morgan fingerprint density at radius 2 is 1.53 bits per heavy atom. The van der Waals surface area contributed by atoms with Gasteiger partial charge >= 0.3 is 0 Å². The first-order valence-electron chi connectivity index (χ1n) is 11.3. The minimum Gasteiger partial charge on any atom is -0.278 e. The van der Waals surface area contributed by atoms with Gasteiger partial charge in [-0.15, -0.1) is 0 Å². The Bertz CT molecular complexity index is 1350. The Hall–Kier alpha value is -2.49. The van der Waals surface area contributed by atoms with Gasteiger partial charge in [-0.1, -0.05) is 41.5 Å². The van der Waals surface area contributed by atoms with Gasteiger partial charge in [0.15, 0.2) is 0 Å². The fourth-order valence-electron chi connectivity index (χ4n) is 5.60. The van der Waals surface area contributed by atoms with Crippen molar-refractivity contribution < 1.29 is 0 Å². The van der Waals surface area contributed by atoms with Crippen LogP contribution in [0.1, 0.15) is 95.3 Å². The third kappa shape index (κ3) is 2.42. The average Bonchev–Trinajstić information content (AvgIpc) is 3.37. The van der Waals surface area contributed by atoms with E-state index in [1.165, 1.54) is 24.6 Å². The molecular weight excluding hydrogens is 368 g/mol. The molecule has 1 unspecified atom stereocenters. The molecule has 3 heterocycles. The van der Waals surface area contributed by atoms with E-state index in [0.29, 0.717) is 0 Å². The predicted octanol–water partition coefficient (Wildman–Crippen LogP) is 6.39. The monoisotopic (exact) mass is 398 g/mol. The standard InChI is InChI=1S/C26H30N4/c1-25(2,3)22-12-20-21(13-27-22)30-23(28-20)18-10-16-14-7-8-15(9-14)17(16)11-19(18)29-24(30)26(4,5)6/h10-15H,7-9H2,1-6H3/t14?,15-/m0/s1. The van der Waals surface area contributed by atoms with Crippen molar-refractivity contribution in [2.45, 2.75) is 83.5 Å². The van der Waals surface area contributed by atoms with E-state index < -0.39 is 0 Å². The van der Waals surface area contributed by atoms with Gasteiger partial charge in [0.1, 0.15) is 11.5 Å². The molecule has 4 nitrogen and oxygen atoms in total. The lowest BCUT2D eigenvalue weighted by molar-refractivity contribution is 0.542. The summed E-state index contributed by atoms with van der Waals surface area (Å²) in [5.74, 6) is 2.53. The zero-order chi connectivity index (χ0) is 21.0. The average molecular weight is 399 g/mol. The Labute approximate surface area is 177 Å². The molecule has 0 N–H and O–H groups in total. The summed E-state index contributed by atoms with van der Waals surface area (Å²) < 4.78 is 2.26. The summed E-state index contributed by atoms with van der Waals surface area (Å²) in [5, 5.41) is 1.18. The van der Waals surface area contributed by atoms with Crippen LogP contribution in [0.4, 0.5) is 0 Å². The summed E-state index contributed by atoms with van der Waals surface area (Å²) in [6.45, 7) is 13.3. The molecule has 0 aliphatic heterocycles. The first-order valence-corrected chi connectivity index (χ1v) is 11.3. The third-order valence-corrected chi connectivity index (χ3v) is 7.17. The molecule has 2 aliphatic carbocycles. The van der Waals surface area contributed by atoms with Crippen molar-refractivity contribution in [2.24, 2.45) is 0 Å². The van der Waals surface area contributed by atoms with E-state index in [1.807, 2.05) is 6.20 Å². The van der Waals surface area contributed by atoms with Gasteiger partial charge in [-0.3, -0.25) is 9.38 Å². The summed E-state index contributed by atoms with van der Waals surface area (Å²) in [7, 11) is 0. The highest BCUT2D eigenvalue weighted by Gasteiger charge is 2.37. The first kappa shape index (κ1) is 18.3. The number of nitrogens with zero attached hydrogens (tertiary/aromatic N) is 4. The van der Waals surface area contributed by atoms with Gasteiger partial charge < -0.3 is 0 Å². The van der Waals surface area contributed by atoms with E-state index in [4.69, 9.17) is 15.0 Å². The van der Waals surface area contributed by atoms with Crippen molar-refractivity contribution in [1.82, 2.24) is 19.4 Å². The number of hydrogen-bond donors (Lipinski definition) is 0. The summed E-state index contributed by atoms with van der Waals surface area (Å²) in [4.78, 5) is 15.2. The van der Waals surface area contributed by atoms with Gasteiger partial charge in [0.05, 0.1) is 22.7 Å². The SMILES string of the molecule is CC(C)(C)c1cc2nc3c4cc5c(cc4nc(C(C)(C)C)n3c2cn1)[C@H]1CCC5C1. The lowest BCUT2D eigenvalue weighted by Crippen LogP contribution is -2.19. The van der Waals surface area contributed by atoms with E-state index in [-0.39, 0.29) is 10.8 Å². The molecule has 0 radical (unpaired) electrons. The lowest BCUT2D eigenvalue weighted by atomic mass is 9.90. The van der Waals surface area contributed by atoms with Crippen molar-refractivity contribution in [3.05, 3.63) is 47.0 Å². The molecule has 0 saturated heterocycles. The Morgan fingerprint density at radius 1 is 0.833 bits per heavy atom. The second kappa shape index (κ2) is 5.60. The van der Waals surface area contributed by atoms with Crippen molar-refractivity contribution in [3.8, 4) is 0 Å². The zero-order valence-electron chi connectivity index (χ0n) is 18.9. The quantitative estimate of drug-likeness (QED) is 0.345. The van der Waals surface area contributed by atoms with Crippen molar-refractivity contribution >= 4 is 27.6 Å². The number of hydrogen-bond acceptors (Lipinski definition) is 3. The molecule has 3 aromatic heterocycles. The molecule has 0 amide bonds. The van der Waals surface area contributed by atoms with Crippen LogP contribution in [-0.4, -0.2) is 19.4 Å². The molecule has 2 aliphatic rings. The lowest BCUT2D eigenvalue weighted by Gasteiger charge is -2.22. The number of rotatable bonds is 0. The minimum atomic E-state index is -0.0964. The molecule has 4 heteroatoms. The maximum atomic E-state index is 5.22. The number of imidazole rings is 1. The molecule has 4 aromatic rings. The predicted molar refractivity (Wildman–Crippen MR) is 123 cm³/mol. The van der Waals surface area contributed by atoms with Gasteiger partial charge in [0, 0.05) is 21.9 Å². The van der Waals surface area contributed by atoms with Crippen LogP contribution in [-0.2, 0) is 10.8 Å². The molecule has 154 valence electrons. The summed E-state index contributed by atoms with van der Waals surface area (Å²) in [6, 6.07) is 6.95. The number of pyridine rings is 1. The van der Waals surface area contributed by atoms with E-state index >= 15 is 0 Å². The van der Waals surface area contributed by atoms with Crippen LogP contribution >= 0.6 is 0 Å². The third-order valence-electron chi connectivity index (χ3n) is 7.17. The van der Waals surface area contributed by atoms with Crippen LogP contribution < -0.4 is 0 Å². The van der Waals surface area contributed by atoms with Gasteiger partial charge in [-0.2, -0.15) is 0 Å². The second-order valence-corrected chi connectivity index (χ2v) is 11.5. The highest BCUT2D eigenvalue weighted by atomic mass is 15.1. The molecule has 1 fully saturated rings. The van der Waals surface area contributed by atoms with E-state index in [2.05, 4.69) is 64.1 Å². The maximum absolute atomic E-state index is 5.22. The second-order valence-electron chi connectivity index (χ2n) is 11.5. The fraction of sp³-hybridized carbons (Fsp3) is 0.500. The van der Waals surface area contributed by atoms with Crippen molar-refractivity contribution in [1.29, 1.82) is 0 Å².